The highest BCUT2D eigenvalue weighted by Gasteiger charge is 2.39. The first-order valence-electron chi connectivity index (χ1n) is 8.00. The molecule has 0 spiro atoms. The molecule has 7 nitrogen and oxygen atoms in total. The Morgan fingerprint density at radius 2 is 2.20 bits per heavy atom. The van der Waals surface area contributed by atoms with E-state index in [4.69, 9.17) is 14.2 Å². The number of urea groups is 1. The van der Waals surface area contributed by atoms with Crippen LogP contribution in [0, 0.1) is 5.92 Å². The number of ether oxygens (including phenoxy) is 3. The van der Waals surface area contributed by atoms with E-state index in [1.54, 1.807) is 30.0 Å². The molecule has 0 radical (unpaired) electrons. The van der Waals surface area contributed by atoms with Gasteiger partial charge in [-0.2, -0.15) is 11.8 Å². The van der Waals surface area contributed by atoms with Crippen LogP contribution >= 0.6 is 11.8 Å². The van der Waals surface area contributed by atoms with Crippen molar-refractivity contribution in [2.75, 3.05) is 24.9 Å². The largest absolute Gasteiger partial charge is 0.464 e. The SMILES string of the molecule is C=C1NC(=O)N[C@@H](c2ccc3c(c2)OCO3)[C@@H]1C(=O)OCCSCC. The number of hydrogen-bond acceptors (Lipinski definition) is 6. The van der Waals surface area contributed by atoms with Gasteiger partial charge in [0.15, 0.2) is 11.5 Å². The van der Waals surface area contributed by atoms with Gasteiger partial charge in [0, 0.05) is 11.4 Å². The zero-order chi connectivity index (χ0) is 17.8. The Hall–Kier alpha value is -2.35. The molecule has 3 rings (SSSR count). The summed E-state index contributed by atoms with van der Waals surface area (Å²) in [5.74, 6) is 1.78. The lowest BCUT2D eigenvalue weighted by Crippen LogP contribution is -2.51. The van der Waals surface area contributed by atoms with Crippen molar-refractivity contribution < 1.29 is 23.8 Å². The Morgan fingerprint density at radius 1 is 1.40 bits per heavy atom. The van der Waals surface area contributed by atoms with Gasteiger partial charge in [-0.3, -0.25) is 4.79 Å². The van der Waals surface area contributed by atoms with Crippen molar-refractivity contribution in [2.45, 2.75) is 13.0 Å². The van der Waals surface area contributed by atoms with E-state index in [-0.39, 0.29) is 6.79 Å². The Labute approximate surface area is 150 Å². The summed E-state index contributed by atoms with van der Waals surface area (Å²) in [6.45, 7) is 6.35. The number of hydrogen-bond donors (Lipinski definition) is 2. The number of thioether (sulfide) groups is 1. The maximum atomic E-state index is 12.6. The molecule has 0 bridgehead atoms. The van der Waals surface area contributed by atoms with E-state index in [1.165, 1.54) is 0 Å². The fourth-order valence-electron chi connectivity index (χ4n) is 2.78. The first-order chi connectivity index (χ1) is 12.1. The molecular weight excluding hydrogens is 344 g/mol. The van der Waals surface area contributed by atoms with Crippen LogP contribution in [0.5, 0.6) is 11.5 Å². The van der Waals surface area contributed by atoms with Gasteiger partial charge in [0.05, 0.1) is 6.04 Å². The number of carbonyl (C=O) groups excluding carboxylic acids is 2. The molecule has 2 atom stereocenters. The maximum absolute atomic E-state index is 12.6. The molecule has 1 aromatic rings. The monoisotopic (exact) mass is 364 g/mol. The normalized spacial score (nSPS) is 21.5. The lowest BCUT2D eigenvalue weighted by molar-refractivity contribution is -0.147. The average Bonchev–Trinajstić information content (AvgIpc) is 3.05. The highest BCUT2D eigenvalue weighted by molar-refractivity contribution is 7.99. The molecular formula is C17H20N2O5S. The van der Waals surface area contributed by atoms with Crippen molar-refractivity contribution in [1.82, 2.24) is 10.6 Å². The molecule has 2 aliphatic heterocycles. The molecule has 0 aliphatic carbocycles. The maximum Gasteiger partial charge on any atom is 0.319 e. The third-order valence-corrected chi connectivity index (χ3v) is 4.82. The second-order valence-electron chi connectivity index (χ2n) is 5.56. The van der Waals surface area contributed by atoms with E-state index >= 15 is 0 Å². The third-order valence-electron chi connectivity index (χ3n) is 3.96. The second-order valence-corrected chi connectivity index (χ2v) is 6.95. The number of esters is 1. The summed E-state index contributed by atoms with van der Waals surface area (Å²) in [6.07, 6.45) is 0. The molecule has 0 unspecified atom stereocenters. The molecule has 1 fully saturated rings. The third kappa shape index (κ3) is 3.84. The Bertz CT molecular complexity index is 694. The number of nitrogens with one attached hydrogen (secondary N) is 2. The molecule has 0 saturated carbocycles. The molecule has 8 heteroatoms. The predicted octanol–water partition coefficient (Wildman–Crippen LogP) is 2.20. The van der Waals surface area contributed by atoms with Gasteiger partial charge in [-0.1, -0.05) is 19.6 Å². The number of amides is 2. The first-order valence-corrected chi connectivity index (χ1v) is 9.16. The van der Waals surface area contributed by atoms with Crippen molar-refractivity contribution in [1.29, 1.82) is 0 Å². The van der Waals surface area contributed by atoms with Gasteiger partial charge >= 0.3 is 12.0 Å². The molecule has 0 aromatic heterocycles. The van der Waals surface area contributed by atoms with Crippen LogP contribution in [0.3, 0.4) is 0 Å². The Kier molecular flexibility index (Phi) is 5.37. The fraction of sp³-hybridized carbons (Fsp3) is 0.412. The molecule has 2 aliphatic rings. The van der Waals surface area contributed by atoms with Crippen molar-refractivity contribution in [3.63, 3.8) is 0 Å². The van der Waals surface area contributed by atoms with Crippen molar-refractivity contribution in [2.24, 2.45) is 5.92 Å². The molecule has 2 amide bonds. The minimum absolute atomic E-state index is 0.157. The summed E-state index contributed by atoms with van der Waals surface area (Å²) >= 11 is 1.69. The summed E-state index contributed by atoms with van der Waals surface area (Å²) in [5.41, 5.74) is 1.05. The summed E-state index contributed by atoms with van der Waals surface area (Å²) in [5, 5.41) is 5.33. The van der Waals surface area contributed by atoms with Crippen LogP contribution in [-0.4, -0.2) is 36.9 Å². The smallest absolute Gasteiger partial charge is 0.319 e. The van der Waals surface area contributed by atoms with Gasteiger partial charge in [0.1, 0.15) is 12.5 Å². The summed E-state index contributed by atoms with van der Waals surface area (Å²) in [7, 11) is 0. The highest BCUT2D eigenvalue weighted by atomic mass is 32.2. The van der Waals surface area contributed by atoms with Crippen molar-refractivity contribution in [3.8, 4) is 11.5 Å². The van der Waals surface area contributed by atoms with Crippen molar-refractivity contribution >= 4 is 23.8 Å². The summed E-state index contributed by atoms with van der Waals surface area (Å²) in [6, 6.07) is 4.33. The number of fused-ring (bicyclic) bond motifs is 1. The van der Waals surface area contributed by atoms with Gasteiger partial charge < -0.3 is 24.8 Å². The van der Waals surface area contributed by atoms with Gasteiger partial charge in [-0.25, -0.2) is 4.79 Å². The molecule has 134 valence electrons. The Morgan fingerprint density at radius 3 is 3.00 bits per heavy atom. The zero-order valence-electron chi connectivity index (χ0n) is 13.9. The minimum atomic E-state index is -0.718. The van der Waals surface area contributed by atoms with E-state index in [0.29, 0.717) is 23.8 Å². The molecule has 1 saturated heterocycles. The van der Waals surface area contributed by atoms with Gasteiger partial charge in [0.2, 0.25) is 6.79 Å². The van der Waals surface area contributed by atoms with Gasteiger partial charge in [-0.15, -0.1) is 0 Å². The average molecular weight is 364 g/mol. The van der Waals surface area contributed by atoms with Crippen LogP contribution < -0.4 is 20.1 Å². The van der Waals surface area contributed by atoms with Crippen LogP contribution in [0.15, 0.2) is 30.5 Å². The summed E-state index contributed by atoms with van der Waals surface area (Å²) in [4.78, 5) is 24.4. The predicted molar refractivity (Wildman–Crippen MR) is 93.6 cm³/mol. The number of benzene rings is 1. The lowest BCUT2D eigenvalue weighted by atomic mass is 9.89. The molecule has 1 aromatic carbocycles. The van der Waals surface area contributed by atoms with E-state index in [2.05, 4.69) is 17.2 Å². The quantitative estimate of drug-likeness (QED) is 0.594. The van der Waals surface area contributed by atoms with Gasteiger partial charge in [0.25, 0.3) is 0 Å². The summed E-state index contributed by atoms with van der Waals surface area (Å²) < 4.78 is 16.0. The molecule has 25 heavy (non-hydrogen) atoms. The van der Waals surface area contributed by atoms with Crippen LogP contribution in [0.25, 0.3) is 0 Å². The van der Waals surface area contributed by atoms with E-state index in [0.717, 1.165) is 17.1 Å². The van der Waals surface area contributed by atoms with Gasteiger partial charge in [-0.05, 0) is 23.4 Å². The molecule has 2 N–H and O–H groups in total. The second kappa shape index (κ2) is 7.69. The zero-order valence-corrected chi connectivity index (χ0v) is 14.7. The standard InChI is InChI=1S/C17H20N2O5S/c1-3-25-7-6-22-16(20)14-10(2)18-17(21)19-15(14)11-4-5-12-13(8-11)24-9-23-12/h4-5,8,14-15H,2-3,6-7,9H2,1H3,(H2,18,19,21)/t14-,15+/m1/s1. The minimum Gasteiger partial charge on any atom is -0.464 e. The topological polar surface area (TPSA) is 85.9 Å². The number of rotatable bonds is 6. The number of carbonyl (C=O) groups is 2. The first kappa shape index (κ1) is 17.5. The van der Waals surface area contributed by atoms with Crippen LogP contribution in [0.1, 0.15) is 18.5 Å². The van der Waals surface area contributed by atoms with E-state index in [1.807, 2.05) is 6.92 Å². The van der Waals surface area contributed by atoms with Crippen LogP contribution in [0.2, 0.25) is 0 Å². The molecule has 2 heterocycles. The van der Waals surface area contributed by atoms with E-state index < -0.39 is 24.0 Å². The van der Waals surface area contributed by atoms with Crippen molar-refractivity contribution in [3.05, 3.63) is 36.0 Å². The lowest BCUT2D eigenvalue weighted by Gasteiger charge is -2.33. The Balaban J connectivity index is 1.79. The highest BCUT2D eigenvalue weighted by Crippen LogP contribution is 2.37. The van der Waals surface area contributed by atoms with E-state index in [9.17, 15) is 9.59 Å². The van der Waals surface area contributed by atoms with Crippen LogP contribution in [0.4, 0.5) is 4.79 Å². The fourth-order valence-corrected chi connectivity index (χ4v) is 3.27. The van der Waals surface area contributed by atoms with Crippen LogP contribution in [-0.2, 0) is 9.53 Å².